The molecule has 0 spiro atoms. The van der Waals surface area contributed by atoms with Crippen molar-refractivity contribution in [1.29, 1.82) is 0 Å². The van der Waals surface area contributed by atoms with Crippen molar-refractivity contribution >= 4 is 24.0 Å². The summed E-state index contributed by atoms with van der Waals surface area (Å²) in [4.78, 5) is 3.94. The number of aromatic nitrogens is 1. The van der Waals surface area contributed by atoms with Crippen LogP contribution in [0.3, 0.4) is 0 Å². The number of aryl methyl sites for hydroxylation is 1. The van der Waals surface area contributed by atoms with Crippen LogP contribution in [0.2, 0.25) is 0 Å². The van der Waals surface area contributed by atoms with Gasteiger partial charge in [-0.25, -0.2) is 0 Å². The number of alkyl halides is 1. The highest BCUT2D eigenvalue weighted by Gasteiger charge is 1.86. The molecule has 0 bridgehead atoms. The van der Waals surface area contributed by atoms with Gasteiger partial charge < -0.3 is 0 Å². The summed E-state index contributed by atoms with van der Waals surface area (Å²) in [5.41, 5.74) is 1.20. The molecule has 10 heavy (non-hydrogen) atoms. The molecule has 1 heterocycles. The van der Waals surface area contributed by atoms with Gasteiger partial charge in [0, 0.05) is 18.3 Å². The summed E-state index contributed by atoms with van der Waals surface area (Å²) in [5, 5.41) is 0. The van der Waals surface area contributed by atoms with Crippen LogP contribution in [0.15, 0.2) is 24.5 Å². The number of hydrogen-bond acceptors (Lipinski definition) is 1. The van der Waals surface area contributed by atoms with Crippen molar-refractivity contribution in [2.75, 3.05) is 5.88 Å². The highest BCUT2D eigenvalue weighted by atomic mass is 35.5. The van der Waals surface area contributed by atoms with Crippen molar-refractivity contribution in [3.63, 3.8) is 0 Å². The Kier molecular flexibility index (Phi) is 5.36. The number of nitrogens with zero attached hydrogens (tertiary/aromatic N) is 1. The average molecular weight is 178 g/mol. The van der Waals surface area contributed by atoms with Crippen molar-refractivity contribution in [2.24, 2.45) is 0 Å². The molecule has 1 aromatic rings. The Morgan fingerprint density at radius 3 is 2.80 bits per heavy atom. The minimum atomic E-state index is 0. The lowest BCUT2D eigenvalue weighted by Gasteiger charge is -1.92. The van der Waals surface area contributed by atoms with Crippen molar-refractivity contribution in [3.8, 4) is 0 Å². The van der Waals surface area contributed by atoms with Gasteiger partial charge in [0.05, 0.1) is 0 Å². The molecule has 0 aliphatic rings. The SMILES string of the molecule is Cl.ClCCc1cccnc1. The maximum Gasteiger partial charge on any atom is 0.0300 e. The number of pyridine rings is 1. The van der Waals surface area contributed by atoms with Gasteiger partial charge in [-0.3, -0.25) is 4.98 Å². The molecular weight excluding hydrogens is 169 g/mol. The standard InChI is InChI=1S/C7H8ClN.ClH/c8-4-3-7-2-1-5-9-6-7;/h1-2,5-6H,3-4H2;1H. The quantitative estimate of drug-likeness (QED) is 0.633. The zero-order valence-corrected chi connectivity index (χ0v) is 7.03. The van der Waals surface area contributed by atoms with E-state index < -0.39 is 0 Å². The van der Waals surface area contributed by atoms with Gasteiger partial charge in [-0.1, -0.05) is 6.07 Å². The van der Waals surface area contributed by atoms with Crippen molar-refractivity contribution in [3.05, 3.63) is 30.1 Å². The highest BCUT2D eigenvalue weighted by Crippen LogP contribution is 1.96. The van der Waals surface area contributed by atoms with Crippen LogP contribution in [0, 0.1) is 0 Å². The molecular formula is C7H9Cl2N. The minimum Gasteiger partial charge on any atom is -0.264 e. The van der Waals surface area contributed by atoms with E-state index in [2.05, 4.69) is 4.98 Å². The molecule has 0 aliphatic carbocycles. The zero-order chi connectivity index (χ0) is 6.53. The zero-order valence-electron chi connectivity index (χ0n) is 5.46. The molecule has 0 radical (unpaired) electrons. The Labute approximate surface area is 71.8 Å². The first-order valence-corrected chi connectivity index (χ1v) is 3.42. The predicted octanol–water partition coefficient (Wildman–Crippen LogP) is 2.28. The molecule has 0 N–H and O–H groups in total. The molecule has 0 saturated carbocycles. The first kappa shape index (κ1) is 9.73. The van der Waals surface area contributed by atoms with Crippen LogP contribution in [0.5, 0.6) is 0 Å². The monoisotopic (exact) mass is 177 g/mol. The molecule has 0 amide bonds. The normalized spacial score (nSPS) is 8.50. The van der Waals surface area contributed by atoms with Gasteiger partial charge in [-0.05, 0) is 18.1 Å². The van der Waals surface area contributed by atoms with Crippen LogP contribution in [0.25, 0.3) is 0 Å². The van der Waals surface area contributed by atoms with Gasteiger partial charge in [0.1, 0.15) is 0 Å². The fourth-order valence-corrected chi connectivity index (χ4v) is 0.873. The highest BCUT2D eigenvalue weighted by molar-refractivity contribution is 6.17. The number of hydrogen-bond donors (Lipinski definition) is 0. The summed E-state index contributed by atoms with van der Waals surface area (Å²) in [7, 11) is 0. The van der Waals surface area contributed by atoms with Crippen LogP contribution < -0.4 is 0 Å². The van der Waals surface area contributed by atoms with Crippen LogP contribution in [0.4, 0.5) is 0 Å². The maximum atomic E-state index is 5.51. The Morgan fingerprint density at radius 2 is 2.30 bits per heavy atom. The molecule has 0 unspecified atom stereocenters. The van der Waals surface area contributed by atoms with Gasteiger partial charge in [0.2, 0.25) is 0 Å². The van der Waals surface area contributed by atoms with E-state index in [4.69, 9.17) is 11.6 Å². The third-order valence-electron chi connectivity index (χ3n) is 1.11. The van der Waals surface area contributed by atoms with Crippen molar-refractivity contribution in [1.82, 2.24) is 4.98 Å². The van der Waals surface area contributed by atoms with E-state index in [1.165, 1.54) is 5.56 Å². The second kappa shape index (κ2) is 5.51. The van der Waals surface area contributed by atoms with E-state index in [1.54, 1.807) is 6.20 Å². The summed E-state index contributed by atoms with van der Waals surface area (Å²) in [6, 6.07) is 3.94. The lowest BCUT2D eigenvalue weighted by molar-refractivity contribution is 1.11. The second-order valence-electron chi connectivity index (χ2n) is 1.80. The van der Waals surface area contributed by atoms with Crippen LogP contribution in [-0.2, 0) is 6.42 Å². The third kappa shape index (κ3) is 3.04. The third-order valence-corrected chi connectivity index (χ3v) is 1.29. The summed E-state index contributed by atoms with van der Waals surface area (Å²) >= 11 is 5.51. The maximum absolute atomic E-state index is 5.51. The first-order chi connectivity index (χ1) is 4.43. The number of halogens is 2. The molecule has 0 aliphatic heterocycles. The lowest BCUT2D eigenvalue weighted by atomic mass is 10.2. The Hall–Kier alpha value is -0.270. The molecule has 0 fully saturated rings. The smallest absolute Gasteiger partial charge is 0.0300 e. The van der Waals surface area contributed by atoms with Crippen LogP contribution in [-0.4, -0.2) is 10.9 Å². The largest absolute Gasteiger partial charge is 0.264 e. The van der Waals surface area contributed by atoms with Gasteiger partial charge in [-0.15, -0.1) is 24.0 Å². The number of rotatable bonds is 2. The van der Waals surface area contributed by atoms with Crippen LogP contribution >= 0.6 is 24.0 Å². The summed E-state index contributed by atoms with van der Waals surface area (Å²) in [6.45, 7) is 0. The van der Waals surface area contributed by atoms with E-state index in [0.29, 0.717) is 5.88 Å². The lowest BCUT2D eigenvalue weighted by Crippen LogP contribution is -1.84. The Bertz CT molecular complexity index is 165. The van der Waals surface area contributed by atoms with Crippen LogP contribution in [0.1, 0.15) is 5.56 Å². The average Bonchev–Trinajstić information content (AvgIpc) is 1.91. The molecule has 1 rings (SSSR count). The summed E-state index contributed by atoms with van der Waals surface area (Å²) < 4.78 is 0. The first-order valence-electron chi connectivity index (χ1n) is 2.88. The van der Waals surface area contributed by atoms with Gasteiger partial charge in [-0.2, -0.15) is 0 Å². The Balaban J connectivity index is 0.000000810. The fraction of sp³-hybridized carbons (Fsp3) is 0.286. The predicted molar refractivity (Wildman–Crippen MR) is 45.9 cm³/mol. The molecule has 1 nitrogen and oxygen atoms in total. The summed E-state index contributed by atoms with van der Waals surface area (Å²) in [5.74, 6) is 0.672. The van der Waals surface area contributed by atoms with Gasteiger partial charge >= 0.3 is 0 Å². The van der Waals surface area contributed by atoms with Gasteiger partial charge in [0.15, 0.2) is 0 Å². The van der Waals surface area contributed by atoms with Gasteiger partial charge in [0.25, 0.3) is 0 Å². The Morgan fingerprint density at radius 1 is 1.50 bits per heavy atom. The molecule has 0 atom stereocenters. The van der Waals surface area contributed by atoms with Crippen molar-refractivity contribution in [2.45, 2.75) is 6.42 Å². The van der Waals surface area contributed by atoms with E-state index >= 15 is 0 Å². The minimum absolute atomic E-state index is 0. The van der Waals surface area contributed by atoms with E-state index in [9.17, 15) is 0 Å². The summed E-state index contributed by atoms with van der Waals surface area (Å²) in [6.07, 6.45) is 4.51. The second-order valence-corrected chi connectivity index (χ2v) is 2.18. The van der Waals surface area contributed by atoms with E-state index in [1.807, 2.05) is 18.3 Å². The molecule has 3 heteroatoms. The van der Waals surface area contributed by atoms with E-state index in [-0.39, 0.29) is 12.4 Å². The topological polar surface area (TPSA) is 12.9 Å². The molecule has 0 aromatic carbocycles. The van der Waals surface area contributed by atoms with E-state index in [0.717, 1.165) is 6.42 Å². The molecule has 0 saturated heterocycles. The fourth-order valence-electron chi connectivity index (χ4n) is 0.655. The molecule has 56 valence electrons. The van der Waals surface area contributed by atoms with Crippen molar-refractivity contribution < 1.29 is 0 Å². The molecule has 1 aromatic heterocycles.